The summed E-state index contributed by atoms with van der Waals surface area (Å²) in [4.78, 5) is 193. The van der Waals surface area contributed by atoms with E-state index in [1.165, 1.54) is 45.7 Å². The molecule has 0 radical (unpaired) electrons. The molecule has 0 spiro atoms. The first-order valence-corrected chi connectivity index (χ1v) is 39.7. The van der Waals surface area contributed by atoms with Crippen LogP contribution in [0, 0.1) is 30.9 Å². The molecule has 60 heteroatoms. The lowest BCUT2D eigenvalue weighted by Crippen LogP contribution is -2.39. The summed E-state index contributed by atoms with van der Waals surface area (Å²) in [5, 5.41) is 22.9. The minimum absolute atomic E-state index is 0.108. The number of rotatable bonds is 4. The second-order valence-corrected chi connectivity index (χ2v) is 29.0. The monoisotopic (exact) mass is 1890 g/mol. The van der Waals surface area contributed by atoms with Gasteiger partial charge in [0.25, 0.3) is 16.7 Å². The molecule has 1 unspecified atom stereocenters. The van der Waals surface area contributed by atoms with Crippen LogP contribution in [0.1, 0.15) is 23.6 Å². The van der Waals surface area contributed by atoms with Crippen LogP contribution in [0.3, 0.4) is 0 Å². The van der Waals surface area contributed by atoms with Crippen LogP contribution < -0.4 is 135 Å². The van der Waals surface area contributed by atoms with Gasteiger partial charge in [-0.25, -0.2) is 58.7 Å². The van der Waals surface area contributed by atoms with Crippen molar-refractivity contribution in [2.45, 2.75) is 33.9 Å². The molecule has 19 heterocycles. The third-order valence-corrected chi connectivity index (χ3v) is 18.8. The molecule has 1 aliphatic heterocycles. The highest BCUT2D eigenvalue weighted by Gasteiger charge is 2.16. The van der Waals surface area contributed by atoms with Gasteiger partial charge in [-0.1, -0.05) is 6.08 Å². The maximum Gasteiger partial charge on any atom is 0.373 e. The summed E-state index contributed by atoms with van der Waals surface area (Å²) in [6, 6.07) is 6.50. The highest BCUT2D eigenvalue weighted by atomic mass is 16.6. The van der Waals surface area contributed by atoms with Crippen LogP contribution in [0.5, 0.6) is 0 Å². The number of pyridine rings is 1. The van der Waals surface area contributed by atoms with Crippen molar-refractivity contribution in [1.29, 1.82) is 0 Å². The summed E-state index contributed by atoms with van der Waals surface area (Å²) in [6.45, 7) is 7.19. The first-order chi connectivity index (χ1) is 64.6. The maximum absolute atomic E-state index is 11.2. The summed E-state index contributed by atoms with van der Waals surface area (Å²) in [7, 11) is 24.1. The summed E-state index contributed by atoms with van der Waals surface area (Å²) >= 11 is 0. The Morgan fingerprint density at radius 2 is 0.964 bits per heavy atom. The van der Waals surface area contributed by atoms with Gasteiger partial charge in [0.15, 0.2) is 39.7 Å². The predicted octanol–water partition coefficient (Wildman–Crippen LogP) is -3.75. The Morgan fingerprint density at radius 3 is 1.54 bits per heavy atom. The van der Waals surface area contributed by atoms with E-state index < -0.39 is 33.2 Å². The molecule has 29 N–H and O–H groups in total. The zero-order chi connectivity index (χ0) is 102. The molecule has 1 aliphatic rings. The summed E-state index contributed by atoms with van der Waals surface area (Å²) in [6.07, 6.45) is 23.4. The van der Waals surface area contributed by atoms with Crippen molar-refractivity contribution in [2.75, 3.05) is 83.0 Å². The second kappa shape index (κ2) is 45.2. The van der Waals surface area contributed by atoms with Crippen molar-refractivity contribution in [1.82, 2.24) is 165 Å². The summed E-state index contributed by atoms with van der Waals surface area (Å²) < 4.78 is 18.9. The highest BCUT2D eigenvalue weighted by Crippen LogP contribution is 2.19. The smallest absolute Gasteiger partial charge is 0.373 e. The zero-order valence-corrected chi connectivity index (χ0v) is 77.1. The molecule has 18 aromatic heterocycles. The SMILES string of the molecule is CC1=C(N)NC(N)C=C1.CNc1[nH]c(=O)c([N+](=O)[O-])cc1C.CNc1ccn(C)c(=O)n1.CNc1nc(=O)n(C)cc1C.Cc1cn(C)c(=O)n(C)c1=O.Cn1ccc2c(=O)[nH]c(N)nc21.Cn1ccc2c(N)[nH]c(=O)nc21.Cn1ccn2c(N)nc(=O)nc12.Cn1cnc2c(=O)[nH]c(N)nc21.Cn1cnc2c(N)[nH]c(=O)nc21.Cn1cnc2c(N)nc(N)nc21.Cn1cnc2c(N)ncnc21. The van der Waals surface area contributed by atoms with Gasteiger partial charge in [0.05, 0.1) is 47.2 Å². The number of hydrogen-bond acceptors (Lipinski definition) is 42. The van der Waals surface area contributed by atoms with Gasteiger partial charge in [-0.05, 0) is 63.1 Å². The van der Waals surface area contributed by atoms with Crippen molar-refractivity contribution in [2.24, 2.45) is 89.0 Å². The molecular weight excluding hydrogens is 1790 g/mol. The fourth-order valence-corrected chi connectivity index (χ4v) is 11.7. The van der Waals surface area contributed by atoms with Crippen molar-refractivity contribution in [3.63, 3.8) is 0 Å². The Morgan fingerprint density at radius 1 is 0.438 bits per heavy atom. The van der Waals surface area contributed by atoms with Crippen molar-refractivity contribution in [3.05, 3.63) is 254 Å². The number of nitro groups is 1. The summed E-state index contributed by atoms with van der Waals surface area (Å²) in [5.41, 5.74) is 59.6. The first-order valence-electron chi connectivity index (χ1n) is 39.7. The van der Waals surface area contributed by atoms with E-state index in [1.54, 1.807) is 182 Å². The molecule has 0 bridgehead atoms. The number of dihydropyridines is 1. The molecular formula is C77H102N48O12. The number of nitrogen functional groups attached to an aromatic ring is 8. The first kappa shape index (κ1) is 103. The largest absolute Gasteiger partial charge is 0.385 e. The fraction of sp³-hybridized carbons (Fsp3) is 0.247. The fourth-order valence-electron chi connectivity index (χ4n) is 11.7. The van der Waals surface area contributed by atoms with Crippen LogP contribution in [0.2, 0.25) is 0 Å². The van der Waals surface area contributed by atoms with E-state index in [1.807, 2.05) is 60.3 Å². The molecule has 0 amide bonds. The number of allylic oxidation sites excluding steroid dienone is 2. The molecule has 19 rings (SSSR count). The van der Waals surface area contributed by atoms with Gasteiger partial charge in [0.1, 0.15) is 69.1 Å². The molecule has 0 aliphatic carbocycles. The van der Waals surface area contributed by atoms with Crippen molar-refractivity contribution < 1.29 is 4.92 Å². The van der Waals surface area contributed by atoms with E-state index in [9.17, 15) is 58.1 Å². The van der Waals surface area contributed by atoms with Gasteiger partial charge in [0.2, 0.25) is 29.6 Å². The number of aromatic amines is 5. The highest BCUT2D eigenvalue weighted by molar-refractivity contribution is 5.86. The Kier molecular flexibility index (Phi) is 34.0. The van der Waals surface area contributed by atoms with E-state index in [4.69, 9.17) is 57.3 Å². The molecule has 1 atom stereocenters. The molecule has 18 aromatic rings. The number of H-pyrrole nitrogens is 5. The normalized spacial score (nSPS) is 11.4. The average molecular weight is 1890 g/mol. The maximum atomic E-state index is 11.2. The minimum atomic E-state index is -0.703. The number of fused-ring (bicyclic) bond motifs is 7. The minimum Gasteiger partial charge on any atom is -0.385 e. The number of aryl methyl sites for hydroxylation is 13. The predicted molar refractivity (Wildman–Crippen MR) is 517 cm³/mol. The lowest BCUT2D eigenvalue weighted by molar-refractivity contribution is -0.386. The van der Waals surface area contributed by atoms with Gasteiger partial charge in [0, 0.05) is 159 Å². The Labute approximate surface area is 768 Å². The third kappa shape index (κ3) is 26.2. The number of imidazole rings is 5. The van der Waals surface area contributed by atoms with Crippen molar-refractivity contribution in [3.8, 4) is 0 Å². The topological polar surface area (TPSA) is 866 Å². The van der Waals surface area contributed by atoms with E-state index in [2.05, 4.69) is 126 Å². The second-order valence-electron chi connectivity index (χ2n) is 29.0. The molecule has 0 saturated heterocycles. The Hall–Kier alpha value is -19.4. The molecule has 0 fully saturated rings. The van der Waals surface area contributed by atoms with E-state index >= 15 is 0 Å². The molecule has 722 valence electrons. The lowest BCUT2D eigenvalue weighted by Gasteiger charge is -2.16. The van der Waals surface area contributed by atoms with Gasteiger partial charge >= 0.3 is 45.4 Å². The Bertz CT molecular complexity index is 7780. The number of nitrogens with one attached hydrogen (secondary N) is 9. The van der Waals surface area contributed by atoms with Gasteiger partial charge in [-0.15, -0.1) is 0 Å². The number of nitrogens with zero attached hydrogens (tertiary/aromatic N) is 29. The standard InChI is InChI=1S/2C7H8N4O.C7H9N3O3.C7H11N3O.C7H10N2O2.C6H8N6.3C6H7N5O.C6H7N5.C6H9N3O.C6H11N3/c1-11-3-2-4-5(11)9-7(8)10-6(4)12;1-11-3-2-4-5(8)9-7(12)10-6(4)11;1-4-3-5(10(12)13)7(11)9-6(4)8-2;1-5-4-10(3)7(11)9-6(5)8-2;1-5-4-8(2)7(11)9(3)6(5)10;1-12-2-9-3-4(7)10-6(8)11-5(3)12;1-11-2-8-3-4(11)9-6(7)10-5(3)12;1-11-2-8-3-4(7)9-6(12)10-5(3)11;1-10-2-3-11-4(7)8-5(12)9-6(10)11;1-11-3-10-4-5(7)8-2-9-6(4)11;1-7-5-3-4-9(2)6(10)8-5;1-4-2-3-5(7)9-6(4)8/h2*2-3H,1H3,(H3,8,9,10,12);3H,1-2H3,(H2,8,9,11);4H,1-3H3,(H,8,9,11);4H,1-3H3;2H,1H3,(H4,7,8,10,11);2*2H,1H3,(H3,7,9,10,12);2-3H,1H3,(H2,7,8,12);2-3H,1H3,(H2,7,8,9);3-4H,1-2H3,(H,7,8,10);2-3,5,9H,7-8H2,1H3. The quantitative estimate of drug-likeness (QED) is 0.0594. The van der Waals surface area contributed by atoms with Crippen LogP contribution in [0.15, 0.2) is 171 Å². The Balaban J connectivity index is 0.000000184. The van der Waals surface area contributed by atoms with E-state index in [0.29, 0.717) is 113 Å². The number of nitrogens with two attached hydrogens (primary N) is 10. The zero-order valence-electron chi connectivity index (χ0n) is 77.1. The van der Waals surface area contributed by atoms with Crippen LogP contribution in [-0.2, 0) is 77.5 Å². The third-order valence-electron chi connectivity index (χ3n) is 18.8. The number of anilines is 11. The number of hydrogen-bond donors (Lipinski definition) is 19. The van der Waals surface area contributed by atoms with Crippen LogP contribution >= 0.6 is 0 Å². The van der Waals surface area contributed by atoms with Crippen molar-refractivity contribution >= 4 is 143 Å². The van der Waals surface area contributed by atoms with E-state index in [-0.39, 0.29) is 69.5 Å². The van der Waals surface area contributed by atoms with Gasteiger partial charge in [-0.2, -0.15) is 49.8 Å². The molecule has 0 aromatic carbocycles. The van der Waals surface area contributed by atoms with Crippen LogP contribution in [0.4, 0.5) is 70.2 Å². The van der Waals surface area contributed by atoms with E-state index in [0.717, 1.165) is 26.7 Å². The summed E-state index contributed by atoms with van der Waals surface area (Å²) in [5.74, 6) is 4.86. The lowest BCUT2D eigenvalue weighted by atomic mass is 10.2. The van der Waals surface area contributed by atoms with Gasteiger partial charge in [-0.3, -0.25) is 58.2 Å². The van der Waals surface area contributed by atoms with Crippen LogP contribution in [-0.4, -0.2) is 192 Å². The molecule has 137 heavy (non-hydrogen) atoms. The van der Waals surface area contributed by atoms with Crippen LogP contribution in [0.25, 0.3) is 72.5 Å². The molecule has 60 nitrogen and oxygen atoms in total. The average Bonchev–Trinajstić information content (AvgIpc) is 1.79. The van der Waals surface area contributed by atoms with Gasteiger partial charge < -0.3 is 129 Å². The number of aromatic nitrogens is 33. The molecule has 0 saturated carbocycles.